The maximum Gasteiger partial charge on any atom is 0.344 e. The third-order valence-electron chi connectivity index (χ3n) is 5.78. The maximum absolute atomic E-state index is 12.8. The zero-order valence-corrected chi connectivity index (χ0v) is 16.0. The van der Waals surface area contributed by atoms with E-state index in [1.54, 1.807) is 12.1 Å². The van der Waals surface area contributed by atoms with Crippen LogP contribution in [0.2, 0.25) is 0 Å². The highest BCUT2D eigenvalue weighted by Crippen LogP contribution is 2.45. The van der Waals surface area contributed by atoms with Crippen molar-refractivity contribution in [1.82, 2.24) is 10.2 Å². The molecule has 2 fully saturated rings. The van der Waals surface area contributed by atoms with Gasteiger partial charge in [0.2, 0.25) is 18.0 Å². The summed E-state index contributed by atoms with van der Waals surface area (Å²) in [6.45, 7) is 0. The fourth-order valence-electron chi connectivity index (χ4n) is 4.41. The van der Waals surface area contributed by atoms with Crippen molar-refractivity contribution >= 4 is 17.8 Å². The van der Waals surface area contributed by atoms with Gasteiger partial charge in [-0.05, 0) is 31.4 Å². The molecule has 0 aromatic heterocycles. The number of carbonyl (C=O) groups is 3. The Labute approximate surface area is 163 Å². The van der Waals surface area contributed by atoms with Gasteiger partial charge in [-0.25, -0.2) is 4.79 Å². The Kier molecular flexibility index (Phi) is 4.87. The summed E-state index contributed by atoms with van der Waals surface area (Å²) in [4.78, 5) is 39.4. The number of benzene rings is 1. The molecule has 2 amide bonds. The molecule has 1 N–H and O–H groups in total. The number of likely N-dealkylation sites (tertiary alicyclic amines) is 1. The Morgan fingerprint density at radius 1 is 1.14 bits per heavy atom. The molecule has 2 heterocycles. The molecular weight excluding hydrogens is 364 g/mol. The predicted molar refractivity (Wildman–Crippen MR) is 98.0 cm³/mol. The van der Waals surface area contributed by atoms with Gasteiger partial charge in [-0.1, -0.05) is 12.8 Å². The number of carbonyl (C=O) groups excluding carboxylic acids is 3. The molecule has 2 atom stereocenters. The van der Waals surface area contributed by atoms with Gasteiger partial charge in [-0.2, -0.15) is 0 Å². The molecule has 1 saturated heterocycles. The van der Waals surface area contributed by atoms with E-state index >= 15 is 0 Å². The van der Waals surface area contributed by atoms with E-state index in [1.807, 2.05) is 0 Å². The highest BCUT2D eigenvalue weighted by molar-refractivity contribution is 5.99. The second kappa shape index (κ2) is 7.33. The standard InChI is InChI=1S/C20H24N2O6/c1-26-14-9-7-12-16(17(14)27-2)20(25)28-19(12)22-13(8-10-15(22)23)18(24)21-11-5-3-4-6-11/h7,9,11,13,19H,3-6,8,10H2,1-2H3,(H,21,24). The van der Waals surface area contributed by atoms with Crippen molar-refractivity contribution < 1.29 is 28.6 Å². The summed E-state index contributed by atoms with van der Waals surface area (Å²) in [7, 11) is 2.92. The third kappa shape index (κ3) is 2.96. The lowest BCUT2D eigenvalue weighted by Gasteiger charge is -2.30. The lowest BCUT2D eigenvalue weighted by Crippen LogP contribution is -2.48. The highest BCUT2D eigenvalue weighted by atomic mass is 16.6. The van der Waals surface area contributed by atoms with Crippen molar-refractivity contribution in [1.29, 1.82) is 0 Å². The van der Waals surface area contributed by atoms with E-state index in [4.69, 9.17) is 14.2 Å². The van der Waals surface area contributed by atoms with E-state index in [-0.39, 0.29) is 35.6 Å². The number of fused-ring (bicyclic) bond motifs is 1. The van der Waals surface area contributed by atoms with E-state index in [2.05, 4.69) is 5.32 Å². The normalized spacial score (nSPS) is 24.3. The number of nitrogens with one attached hydrogen (secondary N) is 1. The molecule has 1 aliphatic carbocycles. The van der Waals surface area contributed by atoms with Crippen LogP contribution in [0, 0.1) is 0 Å². The average Bonchev–Trinajstić information content (AvgIpc) is 3.40. The van der Waals surface area contributed by atoms with Crippen molar-refractivity contribution in [3.63, 3.8) is 0 Å². The lowest BCUT2D eigenvalue weighted by atomic mass is 10.0. The first-order chi connectivity index (χ1) is 13.5. The first kappa shape index (κ1) is 18.6. The van der Waals surface area contributed by atoms with E-state index in [0.717, 1.165) is 25.7 Å². The van der Waals surface area contributed by atoms with Crippen LogP contribution in [0.15, 0.2) is 12.1 Å². The van der Waals surface area contributed by atoms with Gasteiger partial charge >= 0.3 is 5.97 Å². The van der Waals surface area contributed by atoms with Crippen molar-refractivity contribution in [3.05, 3.63) is 23.3 Å². The van der Waals surface area contributed by atoms with Crippen LogP contribution >= 0.6 is 0 Å². The number of nitrogens with zero attached hydrogens (tertiary/aromatic N) is 1. The number of methoxy groups -OCH3 is 2. The SMILES string of the molecule is COc1ccc2c(c1OC)C(=O)OC2N1C(=O)CCC1C(=O)NC1CCCC1. The quantitative estimate of drug-likeness (QED) is 0.775. The molecule has 1 aromatic carbocycles. The minimum atomic E-state index is -0.934. The van der Waals surface area contributed by atoms with Crippen LogP contribution in [0.5, 0.6) is 11.5 Å². The Morgan fingerprint density at radius 2 is 1.89 bits per heavy atom. The minimum absolute atomic E-state index is 0.160. The van der Waals surface area contributed by atoms with Gasteiger partial charge in [0.15, 0.2) is 11.5 Å². The topological polar surface area (TPSA) is 94.2 Å². The Balaban J connectivity index is 1.64. The summed E-state index contributed by atoms with van der Waals surface area (Å²) in [5.74, 6) is -0.298. The first-order valence-electron chi connectivity index (χ1n) is 9.62. The van der Waals surface area contributed by atoms with Gasteiger partial charge in [0.05, 0.1) is 14.2 Å². The van der Waals surface area contributed by atoms with E-state index in [0.29, 0.717) is 17.7 Å². The zero-order chi connectivity index (χ0) is 19.8. The molecule has 2 unspecified atom stereocenters. The Morgan fingerprint density at radius 3 is 2.57 bits per heavy atom. The van der Waals surface area contributed by atoms with Gasteiger partial charge in [0.1, 0.15) is 11.6 Å². The monoisotopic (exact) mass is 388 g/mol. The van der Waals surface area contributed by atoms with Crippen LogP contribution in [0.1, 0.15) is 60.7 Å². The second-order valence-corrected chi connectivity index (χ2v) is 7.37. The fourth-order valence-corrected chi connectivity index (χ4v) is 4.41. The average molecular weight is 388 g/mol. The van der Waals surface area contributed by atoms with E-state index in [9.17, 15) is 14.4 Å². The molecule has 2 aliphatic heterocycles. The molecule has 0 radical (unpaired) electrons. The molecule has 3 aliphatic rings. The van der Waals surface area contributed by atoms with E-state index < -0.39 is 18.2 Å². The smallest absolute Gasteiger partial charge is 0.344 e. The molecule has 4 rings (SSSR count). The first-order valence-corrected chi connectivity index (χ1v) is 9.62. The van der Waals surface area contributed by atoms with Gasteiger partial charge in [-0.15, -0.1) is 0 Å². The Bertz CT molecular complexity index is 817. The van der Waals surface area contributed by atoms with Crippen LogP contribution in [-0.2, 0) is 14.3 Å². The minimum Gasteiger partial charge on any atom is -0.493 e. The fraction of sp³-hybridized carbons (Fsp3) is 0.550. The predicted octanol–water partition coefficient (Wildman–Crippen LogP) is 1.92. The summed E-state index contributed by atoms with van der Waals surface area (Å²) in [6.07, 6.45) is 3.86. The van der Waals surface area contributed by atoms with Crippen LogP contribution < -0.4 is 14.8 Å². The van der Waals surface area contributed by atoms with Crippen LogP contribution in [0.4, 0.5) is 0 Å². The van der Waals surface area contributed by atoms with Crippen LogP contribution in [0.3, 0.4) is 0 Å². The van der Waals surface area contributed by atoms with Gasteiger partial charge < -0.3 is 19.5 Å². The Hall–Kier alpha value is -2.77. The summed E-state index contributed by atoms with van der Waals surface area (Å²) < 4.78 is 16.1. The molecule has 0 spiro atoms. The molecule has 8 nitrogen and oxygen atoms in total. The molecule has 0 bridgehead atoms. The van der Waals surface area contributed by atoms with Gasteiger partial charge in [0, 0.05) is 18.0 Å². The number of hydrogen-bond donors (Lipinski definition) is 1. The number of amides is 2. The largest absolute Gasteiger partial charge is 0.493 e. The third-order valence-corrected chi connectivity index (χ3v) is 5.78. The van der Waals surface area contributed by atoms with Crippen molar-refractivity contribution in [2.45, 2.75) is 56.8 Å². The molecular formula is C20H24N2O6. The summed E-state index contributed by atoms with van der Waals surface area (Å²) >= 11 is 0. The van der Waals surface area contributed by atoms with Gasteiger partial charge in [0.25, 0.3) is 0 Å². The van der Waals surface area contributed by atoms with Crippen LogP contribution in [0.25, 0.3) is 0 Å². The molecule has 1 saturated carbocycles. The van der Waals surface area contributed by atoms with Crippen molar-refractivity contribution in [3.8, 4) is 11.5 Å². The number of cyclic esters (lactones) is 1. The molecule has 8 heteroatoms. The number of rotatable bonds is 5. The molecule has 1 aromatic rings. The number of hydrogen-bond acceptors (Lipinski definition) is 6. The highest BCUT2D eigenvalue weighted by Gasteiger charge is 2.48. The van der Waals surface area contributed by atoms with Crippen molar-refractivity contribution in [2.24, 2.45) is 0 Å². The lowest BCUT2D eigenvalue weighted by molar-refractivity contribution is -0.146. The number of ether oxygens (including phenoxy) is 3. The van der Waals surface area contributed by atoms with Gasteiger partial charge in [-0.3, -0.25) is 14.5 Å². The maximum atomic E-state index is 12.8. The molecule has 28 heavy (non-hydrogen) atoms. The van der Waals surface area contributed by atoms with Crippen LogP contribution in [-0.4, -0.2) is 49.0 Å². The summed E-state index contributed by atoms with van der Waals surface area (Å²) in [6, 6.07) is 2.86. The number of esters is 1. The summed E-state index contributed by atoms with van der Waals surface area (Å²) in [5, 5.41) is 3.05. The zero-order valence-electron chi connectivity index (χ0n) is 16.0. The van der Waals surface area contributed by atoms with E-state index in [1.165, 1.54) is 19.1 Å². The second-order valence-electron chi connectivity index (χ2n) is 7.37. The summed E-state index contributed by atoms with van der Waals surface area (Å²) in [5.41, 5.74) is 0.748. The van der Waals surface area contributed by atoms with Crippen molar-refractivity contribution in [2.75, 3.05) is 14.2 Å². The molecule has 150 valence electrons.